The molecule has 0 saturated heterocycles. The maximum absolute atomic E-state index is 12.7. The fraction of sp³-hybridized carbons (Fsp3) is 0.400. The highest BCUT2D eigenvalue weighted by Gasteiger charge is 2.36. The summed E-state index contributed by atoms with van der Waals surface area (Å²) < 4.78 is 50.0. The van der Waals surface area contributed by atoms with Crippen LogP contribution >= 0.6 is 7.14 Å². The second-order valence-corrected chi connectivity index (χ2v) is 7.09. The normalized spacial score (nSPS) is 12.9. The Labute approximate surface area is 92.0 Å². The van der Waals surface area contributed by atoms with Gasteiger partial charge in [-0.05, 0) is 25.0 Å². The molecule has 1 aromatic rings. The van der Waals surface area contributed by atoms with Gasteiger partial charge < -0.3 is 10.3 Å². The minimum atomic E-state index is -4.50. The van der Waals surface area contributed by atoms with Crippen LogP contribution in [-0.2, 0) is 17.3 Å². The maximum Gasteiger partial charge on any atom is 0.417 e. The molecule has 2 nitrogen and oxygen atoms in total. The third-order valence-electron chi connectivity index (χ3n) is 2.18. The smallest absolute Gasteiger partial charge is 0.326 e. The summed E-state index contributed by atoms with van der Waals surface area (Å²) in [7, 11) is -2.94. The Morgan fingerprint density at radius 1 is 1.31 bits per heavy atom. The van der Waals surface area contributed by atoms with Crippen LogP contribution in [0.4, 0.5) is 13.2 Å². The fourth-order valence-corrected chi connectivity index (χ4v) is 2.61. The highest BCUT2D eigenvalue weighted by atomic mass is 31.2. The molecule has 1 aromatic carbocycles. The second kappa shape index (κ2) is 4.22. The minimum absolute atomic E-state index is 0.0289. The molecule has 0 aromatic heterocycles. The van der Waals surface area contributed by atoms with E-state index in [-0.39, 0.29) is 11.8 Å². The SMILES string of the molecule is CP(C)(=O)c1ccc(CN)cc1C(F)(F)F. The van der Waals surface area contributed by atoms with Gasteiger partial charge in [0.2, 0.25) is 0 Å². The molecule has 0 heterocycles. The van der Waals surface area contributed by atoms with Crippen LogP contribution in [-0.4, -0.2) is 13.3 Å². The Kier molecular flexibility index (Phi) is 3.50. The van der Waals surface area contributed by atoms with Gasteiger partial charge in [-0.3, -0.25) is 0 Å². The number of benzene rings is 1. The van der Waals surface area contributed by atoms with Gasteiger partial charge in [-0.15, -0.1) is 0 Å². The molecular weight excluding hydrogens is 238 g/mol. The molecule has 0 amide bonds. The van der Waals surface area contributed by atoms with Crippen LogP contribution < -0.4 is 11.0 Å². The number of halogens is 3. The van der Waals surface area contributed by atoms with Crippen molar-refractivity contribution in [1.82, 2.24) is 0 Å². The van der Waals surface area contributed by atoms with E-state index in [0.717, 1.165) is 6.07 Å². The summed E-state index contributed by atoms with van der Waals surface area (Å²) in [6, 6.07) is 3.70. The van der Waals surface area contributed by atoms with Crippen LogP contribution in [0.2, 0.25) is 0 Å². The highest BCUT2D eigenvalue weighted by molar-refractivity contribution is 7.70. The largest absolute Gasteiger partial charge is 0.417 e. The van der Waals surface area contributed by atoms with Gasteiger partial charge in [0.15, 0.2) is 0 Å². The van der Waals surface area contributed by atoms with Crippen molar-refractivity contribution in [1.29, 1.82) is 0 Å². The average molecular weight is 251 g/mol. The van der Waals surface area contributed by atoms with Gasteiger partial charge in [0.05, 0.1) is 5.56 Å². The first-order valence-corrected chi connectivity index (χ1v) is 7.22. The zero-order valence-electron chi connectivity index (χ0n) is 9.01. The molecule has 0 unspecified atom stereocenters. The van der Waals surface area contributed by atoms with E-state index in [9.17, 15) is 17.7 Å². The molecular formula is C10H13F3NOP. The molecule has 90 valence electrons. The summed E-state index contributed by atoms with van der Waals surface area (Å²) >= 11 is 0. The van der Waals surface area contributed by atoms with Gasteiger partial charge in [0, 0.05) is 11.8 Å². The van der Waals surface area contributed by atoms with Crippen molar-refractivity contribution in [3.63, 3.8) is 0 Å². The monoisotopic (exact) mass is 251 g/mol. The molecule has 0 atom stereocenters. The maximum atomic E-state index is 12.7. The van der Waals surface area contributed by atoms with Crippen LogP contribution in [0.15, 0.2) is 18.2 Å². The number of hydrogen-bond acceptors (Lipinski definition) is 2. The number of rotatable bonds is 2. The van der Waals surface area contributed by atoms with Crippen molar-refractivity contribution in [2.75, 3.05) is 13.3 Å². The first-order chi connectivity index (χ1) is 7.16. The van der Waals surface area contributed by atoms with E-state index >= 15 is 0 Å². The fourth-order valence-electron chi connectivity index (χ4n) is 1.41. The third kappa shape index (κ3) is 2.86. The lowest BCUT2D eigenvalue weighted by atomic mass is 10.1. The predicted octanol–water partition coefficient (Wildman–Crippen LogP) is 2.41. The van der Waals surface area contributed by atoms with E-state index in [1.54, 1.807) is 0 Å². The van der Waals surface area contributed by atoms with Crippen molar-refractivity contribution >= 4 is 12.4 Å². The number of alkyl halides is 3. The van der Waals surface area contributed by atoms with Gasteiger partial charge in [-0.1, -0.05) is 12.1 Å². The summed E-state index contributed by atoms with van der Waals surface area (Å²) in [5.74, 6) is 0. The van der Waals surface area contributed by atoms with Crippen LogP contribution in [0.25, 0.3) is 0 Å². The molecule has 0 fully saturated rings. The lowest BCUT2D eigenvalue weighted by Gasteiger charge is -2.16. The lowest BCUT2D eigenvalue weighted by Crippen LogP contribution is -2.20. The average Bonchev–Trinajstić information content (AvgIpc) is 2.14. The van der Waals surface area contributed by atoms with Crippen LogP contribution in [0, 0.1) is 0 Å². The molecule has 0 saturated carbocycles. The molecule has 0 aliphatic heterocycles. The predicted molar refractivity (Wildman–Crippen MR) is 58.4 cm³/mol. The Hall–Kier alpha value is -0.800. The van der Waals surface area contributed by atoms with Crippen LogP contribution in [0.3, 0.4) is 0 Å². The van der Waals surface area contributed by atoms with Crippen LogP contribution in [0.5, 0.6) is 0 Å². The van der Waals surface area contributed by atoms with E-state index in [1.165, 1.54) is 25.5 Å². The van der Waals surface area contributed by atoms with Crippen molar-refractivity contribution in [3.05, 3.63) is 29.3 Å². The number of hydrogen-bond donors (Lipinski definition) is 1. The molecule has 6 heteroatoms. The van der Waals surface area contributed by atoms with Gasteiger partial charge in [0.25, 0.3) is 0 Å². The van der Waals surface area contributed by atoms with E-state index in [0.29, 0.717) is 5.56 Å². The topological polar surface area (TPSA) is 43.1 Å². The van der Waals surface area contributed by atoms with Gasteiger partial charge in [-0.25, -0.2) is 0 Å². The molecule has 16 heavy (non-hydrogen) atoms. The molecule has 0 spiro atoms. The lowest BCUT2D eigenvalue weighted by molar-refractivity contribution is -0.136. The van der Waals surface area contributed by atoms with Gasteiger partial charge in [0.1, 0.15) is 7.14 Å². The van der Waals surface area contributed by atoms with Gasteiger partial charge >= 0.3 is 6.18 Å². The summed E-state index contributed by atoms with van der Waals surface area (Å²) in [6.45, 7) is 2.67. The highest BCUT2D eigenvalue weighted by Crippen LogP contribution is 2.41. The summed E-state index contributed by atoms with van der Waals surface area (Å²) in [5.41, 5.74) is 4.82. The molecule has 0 aliphatic rings. The first kappa shape index (κ1) is 13.3. The molecule has 0 aliphatic carbocycles. The Morgan fingerprint density at radius 2 is 1.88 bits per heavy atom. The summed E-state index contributed by atoms with van der Waals surface area (Å²) in [6.07, 6.45) is -4.50. The summed E-state index contributed by atoms with van der Waals surface area (Å²) in [4.78, 5) is 0. The summed E-state index contributed by atoms with van der Waals surface area (Å²) in [5, 5.41) is -0.141. The van der Waals surface area contributed by atoms with Crippen LogP contribution in [0.1, 0.15) is 11.1 Å². The molecule has 0 radical (unpaired) electrons. The zero-order valence-corrected chi connectivity index (χ0v) is 9.90. The molecule has 2 N–H and O–H groups in total. The van der Waals surface area contributed by atoms with Crippen molar-refractivity contribution in [2.24, 2.45) is 5.73 Å². The first-order valence-electron chi connectivity index (χ1n) is 4.62. The van der Waals surface area contributed by atoms with Gasteiger partial charge in [-0.2, -0.15) is 13.2 Å². The van der Waals surface area contributed by atoms with E-state index < -0.39 is 18.9 Å². The Bertz CT molecular complexity index is 436. The zero-order chi connectivity index (χ0) is 12.6. The van der Waals surface area contributed by atoms with E-state index in [2.05, 4.69) is 0 Å². The Balaban J connectivity index is 3.46. The van der Waals surface area contributed by atoms with E-state index in [4.69, 9.17) is 5.73 Å². The second-order valence-electron chi connectivity index (χ2n) is 3.90. The quantitative estimate of drug-likeness (QED) is 0.820. The van der Waals surface area contributed by atoms with Crippen molar-refractivity contribution in [3.8, 4) is 0 Å². The standard InChI is InChI=1S/C10H13F3NOP/c1-16(2,15)9-4-3-7(6-14)5-8(9)10(11,12)13/h3-5H,6,14H2,1-2H3. The third-order valence-corrected chi connectivity index (χ3v) is 3.73. The molecule has 1 rings (SSSR count). The van der Waals surface area contributed by atoms with Crippen molar-refractivity contribution in [2.45, 2.75) is 12.7 Å². The minimum Gasteiger partial charge on any atom is -0.326 e. The Morgan fingerprint density at radius 3 is 2.25 bits per heavy atom. The van der Waals surface area contributed by atoms with E-state index in [1.807, 2.05) is 0 Å². The number of nitrogens with two attached hydrogens (primary N) is 1. The molecule has 0 bridgehead atoms. The van der Waals surface area contributed by atoms with Crippen molar-refractivity contribution < 1.29 is 17.7 Å².